The van der Waals surface area contributed by atoms with Crippen molar-refractivity contribution in [3.8, 4) is 6.07 Å². The first-order valence-corrected chi connectivity index (χ1v) is 7.70. The maximum Gasteiger partial charge on any atom is 0.266 e. The fourth-order valence-electron chi connectivity index (χ4n) is 2.45. The van der Waals surface area contributed by atoms with Gasteiger partial charge in [0.25, 0.3) is 5.91 Å². The van der Waals surface area contributed by atoms with Crippen LogP contribution in [0.4, 0.5) is 0 Å². The summed E-state index contributed by atoms with van der Waals surface area (Å²) in [4.78, 5) is 14.8. The van der Waals surface area contributed by atoms with Gasteiger partial charge in [-0.1, -0.05) is 19.3 Å². The number of carbonyl (C=O) groups is 1. The maximum atomic E-state index is 12.4. The van der Waals surface area contributed by atoms with Crippen LogP contribution < -0.4 is 0 Å². The number of carbonyl (C=O) groups excluding carboxylic acids is 1. The Labute approximate surface area is 120 Å². The van der Waals surface area contributed by atoms with E-state index in [0.717, 1.165) is 36.6 Å². The molecule has 5 heteroatoms. The predicted octanol–water partition coefficient (Wildman–Crippen LogP) is 3.81. The Balaban J connectivity index is 2.25. The van der Waals surface area contributed by atoms with E-state index in [1.54, 1.807) is 11.9 Å². The second-order valence-electron chi connectivity index (χ2n) is 4.67. The van der Waals surface area contributed by atoms with Crippen molar-refractivity contribution in [1.29, 1.82) is 5.26 Å². The summed E-state index contributed by atoms with van der Waals surface area (Å²) >= 11 is 4.79. The molecule has 3 nitrogen and oxygen atoms in total. The van der Waals surface area contributed by atoms with E-state index in [0.29, 0.717) is 4.88 Å². The van der Waals surface area contributed by atoms with Crippen LogP contribution in [0.1, 0.15) is 41.8 Å². The molecule has 1 aliphatic carbocycles. The third-order valence-corrected chi connectivity index (χ3v) is 5.47. The summed E-state index contributed by atoms with van der Waals surface area (Å²) in [6.45, 7) is 0. The van der Waals surface area contributed by atoms with Crippen molar-refractivity contribution in [1.82, 2.24) is 4.90 Å². The molecule has 1 heterocycles. The molecule has 0 aromatic carbocycles. The summed E-state index contributed by atoms with van der Waals surface area (Å²) in [5.74, 6) is -0.0553. The first-order valence-electron chi connectivity index (χ1n) is 6.03. The summed E-state index contributed by atoms with van der Waals surface area (Å²) in [6.07, 6.45) is 4.78. The average Bonchev–Trinajstić information content (AvgIpc) is 2.84. The SMILES string of the molecule is CN(C(=O)c1sccc1Br)C1(C#N)CCCCC1. The van der Waals surface area contributed by atoms with Gasteiger partial charge < -0.3 is 4.90 Å². The van der Waals surface area contributed by atoms with Crippen LogP contribution in [0, 0.1) is 11.3 Å². The number of nitriles is 1. The van der Waals surface area contributed by atoms with Crippen molar-refractivity contribution >= 4 is 33.2 Å². The number of halogens is 1. The largest absolute Gasteiger partial charge is 0.322 e. The lowest BCUT2D eigenvalue weighted by Gasteiger charge is -2.38. The lowest BCUT2D eigenvalue weighted by atomic mass is 9.81. The number of hydrogen-bond donors (Lipinski definition) is 0. The standard InChI is InChI=1S/C13H15BrN2OS/c1-16(12(17)11-10(14)5-8-18-11)13(9-15)6-3-2-4-7-13/h5,8H,2-4,6-7H2,1H3. The van der Waals surface area contributed by atoms with E-state index in [1.165, 1.54) is 11.3 Å². The second kappa shape index (κ2) is 5.41. The Morgan fingerprint density at radius 2 is 2.17 bits per heavy atom. The number of hydrogen-bond acceptors (Lipinski definition) is 3. The third kappa shape index (κ3) is 2.32. The Kier molecular flexibility index (Phi) is 4.08. The van der Waals surface area contributed by atoms with Crippen molar-refractivity contribution in [3.05, 3.63) is 20.8 Å². The molecule has 2 rings (SSSR count). The molecule has 1 amide bonds. The summed E-state index contributed by atoms with van der Waals surface area (Å²) in [5.41, 5.74) is -0.612. The van der Waals surface area contributed by atoms with Crippen molar-refractivity contribution in [3.63, 3.8) is 0 Å². The van der Waals surface area contributed by atoms with Crippen LogP contribution in [-0.4, -0.2) is 23.4 Å². The molecule has 18 heavy (non-hydrogen) atoms. The molecule has 1 fully saturated rings. The normalized spacial score (nSPS) is 18.1. The minimum Gasteiger partial charge on any atom is -0.322 e. The van der Waals surface area contributed by atoms with Crippen molar-refractivity contribution < 1.29 is 4.79 Å². The van der Waals surface area contributed by atoms with Gasteiger partial charge in [-0.3, -0.25) is 4.79 Å². The Morgan fingerprint density at radius 3 is 2.67 bits per heavy atom. The monoisotopic (exact) mass is 326 g/mol. The van der Waals surface area contributed by atoms with E-state index in [4.69, 9.17) is 0 Å². The number of thiophene rings is 1. The quantitative estimate of drug-likeness (QED) is 0.829. The molecule has 0 unspecified atom stereocenters. The molecule has 0 saturated heterocycles. The van der Waals surface area contributed by atoms with Crippen LogP contribution >= 0.6 is 27.3 Å². The topological polar surface area (TPSA) is 44.1 Å². The van der Waals surface area contributed by atoms with Gasteiger partial charge in [0.2, 0.25) is 0 Å². The first kappa shape index (κ1) is 13.6. The predicted molar refractivity (Wildman–Crippen MR) is 75.5 cm³/mol. The van der Waals surface area contributed by atoms with Crippen LogP contribution in [0.25, 0.3) is 0 Å². The lowest BCUT2D eigenvalue weighted by molar-refractivity contribution is 0.0593. The van der Waals surface area contributed by atoms with Crippen LogP contribution in [0.2, 0.25) is 0 Å². The average molecular weight is 327 g/mol. The van der Waals surface area contributed by atoms with Crippen molar-refractivity contribution in [2.24, 2.45) is 0 Å². The zero-order valence-corrected chi connectivity index (χ0v) is 12.7. The first-order chi connectivity index (χ1) is 8.60. The fourth-order valence-corrected chi connectivity index (χ4v) is 3.97. The Hall–Kier alpha value is -0.860. The fraction of sp³-hybridized carbons (Fsp3) is 0.538. The zero-order valence-electron chi connectivity index (χ0n) is 10.3. The van der Waals surface area contributed by atoms with Gasteiger partial charge in [0.05, 0.1) is 6.07 Å². The molecule has 1 aromatic rings. The van der Waals surface area contributed by atoms with Crippen molar-refractivity contribution in [2.45, 2.75) is 37.6 Å². The molecule has 1 saturated carbocycles. The highest BCUT2D eigenvalue weighted by atomic mass is 79.9. The van der Waals surface area contributed by atoms with Crippen molar-refractivity contribution in [2.75, 3.05) is 7.05 Å². The van der Waals surface area contributed by atoms with Gasteiger partial charge >= 0.3 is 0 Å². The van der Waals surface area contributed by atoms with E-state index < -0.39 is 5.54 Å². The van der Waals surface area contributed by atoms with Gasteiger partial charge in [-0.25, -0.2) is 0 Å². The molecule has 0 bridgehead atoms. The summed E-state index contributed by atoms with van der Waals surface area (Å²) < 4.78 is 0.813. The van der Waals surface area contributed by atoms with E-state index in [1.807, 2.05) is 11.4 Å². The van der Waals surface area contributed by atoms with Gasteiger partial charge in [0, 0.05) is 11.5 Å². The summed E-state index contributed by atoms with van der Waals surface area (Å²) in [6, 6.07) is 4.24. The molecular weight excluding hydrogens is 312 g/mol. The molecule has 0 radical (unpaired) electrons. The minimum atomic E-state index is -0.612. The Morgan fingerprint density at radius 1 is 1.50 bits per heavy atom. The highest BCUT2D eigenvalue weighted by Gasteiger charge is 2.39. The highest BCUT2D eigenvalue weighted by Crippen LogP contribution is 2.34. The smallest absolute Gasteiger partial charge is 0.266 e. The lowest BCUT2D eigenvalue weighted by Crippen LogP contribution is -2.49. The van der Waals surface area contributed by atoms with E-state index in [2.05, 4.69) is 22.0 Å². The number of nitrogens with zero attached hydrogens (tertiary/aromatic N) is 2. The van der Waals surface area contributed by atoms with Gasteiger partial charge in [-0.05, 0) is 40.2 Å². The molecule has 96 valence electrons. The second-order valence-corrected chi connectivity index (χ2v) is 6.44. The van der Waals surface area contributed by atoms with Gasteiger partial charge in [0.1, 0.15) is 10.4 Å². The molecule has 0 spiro atoms. The number of rotatable bonds is 2. The van der Waals surface area contributed by atoms with E-state index in [9.17, 15) is 10.1 Å². The van der Waals surface area contributed by atoms with Gasteiger partial charge in [-0.15, -0.1) is 11.3 Å². The molecule has 0 aliphatic heterocycles. The van der Waals surface area contributed by atoms with Gasteiger partial charge in [0.15, 0.2) is 0 Å². The summed E-state index contributed by atoms with van der Waals surface area (Å²) in [5, 5.41) is 11.4. The molecule has 1 aromatic heterocycles. The number of amides is 1. The van der Waals surface area contributed by atoms with Crippen LogP contribution in [-0.2, 0) is 0 Å². The minimum absolute atomic E-state index is 0.0553. The highest BCUT2D eigenvalue weighted by molar-refractivity contribution is 9.10. The molecule has 1 aliphatic rings. The van der Waals surface area contributed by atoms with Gasteiger partial charge in [-0.2, -0.15) is 5.26 Å². The van der Waals surface area contributed by atoms with E-state index in [-0.39, 0.29) is 5.91 Å². The van der Waals surface area contributed by atoms with E-state index >= 15 is 0 Å². The molecule has 0 N–H and O–H groups in total. The molecule has 0 atom stereocenters. The third-order valence-electron chi connectivity index (χ3n) is 3.65. The summed E-state index contributed by atoms with van der Waals surface area (Å²) in [7, 11) is 1.75. The van der Waals surface area contributed by atoms with Crippen LogP contribution in [0.15, 0.2) is 15.9 Å². The maximum absolute atomic E-state index is 12.4. The zero-order chi connectivity index (χ0) is 13.2. The van der Waals surface area contributed by atoms with Crippen LogP contribution in [0.5, 0.6) is 0 Å². The molecular formula is C13H15BrN2OS. The van der Waals surface area contributed by atoms with Crippen LogP contribution in [0.3, 0.4) is 0 Å². The Bertz CT molecular complexity index is 485.